The van der Waals surface area contributed by atoms with Gasteiger partial charge in [-0.15, -0.1) is 0 Å². The van der Waals surface area contributed by atoms with Crippen molar-refractivity contribution in [2.24, 2.45) is 0 Å². The fraction of sp³-hybridized carbons (Fsp3) is 0. The van der Waals surface area contributed by atoms with E-state index in [1.807, 2.05) is 146 Å². The van der Waals surface area contributed by atoms with Gasteiger partial charge >= 0.3 is 20.2 Å². The zero-order chi connectivity index (χ0) is 60.8. The van der Waals surface area contributed by atoms with Crippen molar-refractivity contribution >= 4 is 216 Å². The molecule has 0 unspecified atom stereocenters. The Kier molecular flexibility index (Phi) is 7.82. The number of benzene rings is 14. The van der Waals surface area contributed by atoms with Crippen LogP contribution in [-0.2, 0) is 20.2 Å². The van der Waals surface area contributed by atoms with Crippen molar-refractivity contribution in [3.05, 3.63) is 211 Å². The molecule has 10 heterocycles. The number of nitrogens with zero attached hydrogens (tertiary/aromatic N) is 8. The molecule has 0 spiro atoms. The summed E-state index contributed by atoms with van der Waals surface area (Å²) < 4.78 is 73.9. The lowest BCUT2D eigenvalue weighted by Gasteiger charge is -2.25. The van der Waals surface area contributed by atoms with E-state index in [1.165, 1.54) is 6.07 Å². The molecular formula is C72H28N8O10S2. The highest BCUT2D eigenvalue weighted by Gasteiger charge is 2.38. The van der Waals surface area contributed by atoms with Gasteiger partial charge in [-0.05, 0) is 119 Å². The second-order valence-corrected chi connectivity index (χ2v) is 27.2. The zero-order valence-electron chi connectivity index (χ0n) is 46.6. The standard InChI is InChI=1S/2C36H14N4O5S/c41-35-18-12-10-16-15-9-11-17-27-20(36(42)39-23-7-3-1-5-21(23)37-33(17)39)13-25-31(29(15)27)32-26(46(43,44)45-25)14-19(28(18)30(16)32)34-38-22-6-2-4-8-24(22)40(34)35;41-35-19-13-25-31-29-15(9-11-17(27(19)29)33-37-21-5-1-3-7-23(21)39(33)35)16-10-12-18-28-20(14-26(32(31)30(16)28)46(43,44)45-25)36(42)40-24-8-4-2-6-22(24)38-34(18)40/h2*1-14H. The van der Waals surface area contributed by atoms with Gasteiger partial charge in [0.05, 0.1) is 60.3 Å². The minimum absolute atomic E-state index is 0.00887. The molecule has 20 heteroatoms. The number of pyridine rings is 4. The van der Waals surface area contributed by atoms with Crippen molar-refractivity contribution in [2.75, 3.05) is 0 Å². The van der Waals surface area contributed by atoms with E-state index in [0.717, 1.165) is 48.5 Å². The van der Waals surface area contributed by atoms with Gasteiger partial charge in [0.25, 0.3) is 22.2 Å². The van der Waals surface area contributed by atoms with Gasteiger partial charge in [-0.3, -0.25) is 36.8 Å². The second-order valence-electron chi connectivity index (χ2n) is 24.2. The smallest absolute Gasteiger partial charge is 0.339 e. The highest BCUT2D eigenvalue weighted by Crippen LogP contribution is 2.55. The molecule has 428 valence electrons. The average Bonchev–Trinajstić information content (AvgIpc) is 0.868. The van der Waals surface area contributed by atoms with Gasteiger partial charge < -0.3 is 8.37 Å². The van der Waals surface area contributed by atoms with E-state index in [2.05, 4.69) is 0 Å². The molecule has 24 rings (SSSR count). The van der Waals surface area contributed by atoms with Gasteiger partial charge in [0.2, 0.25) is 0 Å². The van der Waals surface area contributed by atoms with E-state index in [4.69, 9.17) is 28.3 Å². The SMILES string of the molecule is O=c1c2cc3c4c5c(cc6c(=O)n7c8ccccc8nc7c7ccc(c8ccc(c2c84)c2nc4ccccc4n12)c5c67)S(=O)(=O)O3.O=c1c2cc3c4c5c(cc6c7c(ccc(c8ccc(c2c84)c2nc4ccccc4n12)c57)c(=O)n1c2ccccc2nc61)S(=O)(=O)O3. The third kappa shape index (κ3) is 5.16. The Hall–Kier alpha value is -12.3. The van der Waals surface area contributed by atoms with Crippen LogP contribution in [0, 0.1) is 0 Å². The Morgan fingerprint density at radius 3 is 0.902 bits per heavy atom. The van der Waals surface area contributed by atoms with Gasteiger partial charge in [-0.25, -0.2) is 19.9 Å². The van der Waals surface area contributed by atoms with E-state index in [0.29, 0.717) is 142 Å². The normalized spacial score (nSPS) is 14.8. The first kappa shape index (κ1) is 47.8. The van der Waals surface area contributed by atoms with Crippen molar-refractivity contribution in [1.82, 2.24) is 37.5 Å². The summed E-state index contributed by atoms with van der Waals surface area (Å²) in [4.78, 5) is 76.1. The van der Waals surface area contributed by atoms with E-state index in [9.17, 15) is 36.0 Å². The highest BCUT2D eigenvalue weighted by atomic mass is 32.2. The molecule has 0 bridgehead atoms. The Balaban J connectivity index is 0.000000118. The average molecular weight is 1230 g/mol. The molecule has 2 aliphatic rings. The van der Waals surface area contributed by atoms with Gasteiger partial charge in [-0.2, -0.15) is 16.8 Å². The Bertz CT molecular complexity index is 7720. The fourth-order valence-corrected chi connectivity index (χ4v) is 18.8. The molecule has 0 amide bonds. The van der Waals surface area contributed by atoms with Crippen molar-refractivity contribution in [2.45, 2.75) is 9.79 Å². The maximum Gasteiger partial charge on any atom is 0.339 e. The molecule has 14 aromatic carbocycles. The summed E-state index contributed by atoms with van der Waals surface area (Å²) in [7, 11) is -8.70. The molecule has 0 aliphatic carbocycles. The first-order valence-electron chi connectivity index (χ1n) is 29.4. The predicted molar refractivity (Wildman–Crippen MR) is 356 cm³/mol. The van der Waals surface area contributed by atoms with E-state index in [1.54, 1.807) is 35.8 Å². The van der Waals surface area contributed by atoms with Crippen molar-refractivity contribution in [3.63, 3.8) is 0 Å². The molecular weight excluding hydrogens is 1200 g/mol. The highest BCUT2D eigenvalue weighted by molar-refractivity contribution is 7.87. The summed E-state index contributed by atoms with van der Waals surface area (Å²) in [6, 6.07) is 51.4. The number of rotatable bonds is 0. The Morgan fingerprint density at radius 1 is 0.261 bits per heavy atom. The van der Waals surface area contributed by atoms with Gasteiger partial charge in [0, 0.05) is 91.6 Å². The number of hydrogen-bond acceptors (Lipinski definition) is 14. The molecule has 0 radical (unpaired) electrons. The van der Waals surface area contributed by atoms with Gasteiger partial charge in [-0.1, -0.05) is 72.8 Å². The predicted octanol–water partition coefficient (Wildman–Crippen LogP) is 12.6. The van der Waals surface area contributed by atoms with Crippen LogP contribution in [0.3, 0.4) is 0 Å². The van der Waals surface area contributed by atoms with Crippen LogP contribution in [0.5, 0.6) is 11.5 Å². The molecule has 8 aromatic heterocycles. The molecule has 2 aliphatic heterocycles. The van der Waals surface area contributed by atoms with Crippen LogP contribution in [0.2, 0.25) is 0 Å². The molecule has 92 heavy (non-hydrogen) atoms. The summed E-state index contributed by atoms with van der Waals surface area (Å²) in [6.07, 6.45) is 0. The Morgan fingerprint density at radius 2 is 0.533 bits per heavy atom. The first-order valence-corrected chi connectivity index (χ1v) is 32.2. The second kappa shape index (κ2) is 15.1. The quantitative estimate of drug-likeness (QED) is 0.0782. The molecule has 22 aromatic rings. The third-order valence-electron chi connectivity index (χ3n) is 19.9. The molecule has 0 saturated carbocycles. The molecule has 0 saturated heterocycles. The zero-order valence-corrected chi connectivity index (χ0v) is 48.3. The van der Waals surface area contributed by atoms with E-state index < -0.39 is 20.2 Å². The maximum absolute atomic E-state index is 14.2. The van der Waals surface area contributed by atoms with Crippen LogP contribution in [0.1, 0.15) is 0 Å². The van der Waals surface area contributed by atoms with Crippen LogP contribution < -0.4 is 30.6 Å². The lowest BCUT2D eigenvalue weighted by molar-refractivity contribution is 0.486. The van der Waals surface area contributed by atoms with Crippen LogP contribution in [0.25, 0.3) is 196 Å². The van der Waals surface area contributed by atoms with Gasteiger partial charge in [0.1, 0.15) is 32.4 Å². The number of hydrogen-bond donors (Lipinski definition) is 0. The van der Waals surface area contributed by atoms with E-state index >= 15 is 0 Å². The lowest BCUT2D eigenvalue weighted by Crippen LogP contribution is -2.19. The minimum Gasteiger partial charge on any atom is -0.378 e. The van der Waals surface area contributed by atoms with Crippen molar-refractivity contribution in [3.8, 4) is 11.5 Å². The van der Waals surface area contributed by atoms with Crippen LogP contribution in [-0.4, -0.2) is 54.4 Å². The molecule has 0 N–H and O–H groups in total. The summed E-state index contributed by atoms with van der Waals surface area (Å²) in [6.45, 7) is 0. The maximum atomic E-state index is 14.2. The summed E-state index contributed by atoms with van der Waals surface area (Å²) in [5.41, 5.74) is 6.13. The summed E-state index contributed by atoms with van der Waals surface area (Å²) in [5.74, 6) is 0.186. The first-order chi connectivity index (χ1) is 44.8. The van der Waals surface area contributed by atoms with E-state index in [-0.39, 0.29) is 48.9 Å². The number of para-hydroxylation sites is 8. The van der Waals surface area contributed by atoms with Crippen molar-refractivity contribution < 1.29 is 25.2 Å². The number of imidazole rings is 4. The van der Waals surface area contributed by atoms with Gasteiger partial charge in [0.15, 0.2) is 11.5 Å². The Labute approximate surface area is 508 Å². The summed E-state index contributed by atoms with van der Waals surface area (Å²) >= 11 is 0. The topological polar surface area (TPSA) is 224 Å². The number of fused-ring (bicyclic) bond motifs is 18. The van der Waals surface area contributed by atoms with Crippen LogP contribution >= 0.6 is 0 Å². The fourth-order valence-electron chi connectivity index (χ4n) is 16.5. The molecule has 0 atom stereocenters. The largest absolute Gasteiger partial charge is 0.378 e. The molecule has 18 nitrogen and oxygen atoms in total. The monoisotopic (exact) mass is 1230 g/mol. The molecule has 0 fully saturated rings. The minimum atomic E-state index is -4.37. The van der Waals surface area contributed by atoms with Crippen LogP contribution in [0.15, 0.2) is 199 Å². The van der Waals surface area contributed by atoms with Crippen LogP contribution in [0.4, 0.5) is 0 Å². The third-order valence-corrected chi connectivity index (χ3v) is 22.5. The van der Waals surface area contributed by atoms with Crippen molar-refractivity contribution in [1.29, 1.82) is 0 Å². The lowest BCUT2D eigenvalue weighted by atomic mass is 9.85. The number of aromatic nitrogens is 8. The summed E-state index contributed by atoms with van der Waals surface area (Å²) in [5, 5.41) is 15.2.